The Kier molecular flexibility index (Phi) is 6.25. The van der Waals surface area contributed by atoms with Gasteiger partial charge in [-0.25, -0.2) is 0 Å². The predicted molar refractivity (Wildman–Crippen MR) is 108 cm³/mol. The molecule has 28 heavy (non-hydrogen) atoms. The number of benzene rings is 3. The molecule has 0 aromatic heterocycles. The summed E-state index contributed by atoms with van der Waals surface area (Å²) in [6.07, 6.45) is 0. The number of carbonyl (C=O) groups is 2. The number of anilines is 2. The summed E-state index contributed by atoms with van der Waals surface area (Å²) in [5.41, 5.74) is 1.22. The Morgan fingerprint density at radius 2 is 1.46 bits per heavy atom. The molecule has 2 N–H and O–H groups in total. The van der Waals surface area contributed by atoms with Gasteiger partial charge in [0.1, 0.15) is 11.5 Å². The van der Waals surface area contributed by atoms with Gasteiger partial charge in [-0.15, -0.1) is 0 Å². The SMILES string of the molecule is CC(=O)Nc1ccc(OCC(=O)Nc2ccccc2Oc2ccccc2)cc1. The van der Waals surface area contributed by atoms with Crippen molar-refractivity contribution in [3.05, 3.63) is 78.9 Å². The van der Waals surface area contributed by atoms with Gasteiger partial charge in [-0.2, -0.15) is 0 Å². The molecule has 0 aliphatic carbocycles. The highest BCUT2D eigenvalue weighted by atomic mass is 16.5. The van der Waals surface area contributed by atoms with E-state index in [2.05, 4.69) is 10.6 Å². The lowest BCUT2D eigenvalue weighted by Crippen LogP contribution is -2.20. The fourth-order valence-electron chi connectivity index (χ4n) is 2.45. The first kappa shape index (κ1) is 19.0. The van der Waals surface area contributed by atoms with Crippen molar-refractivity contribution in [3.8, 4) is 17.2 Å². The van der Waals surface area contributed by atoms with Crippen LogP contribution in [0.3, 0.4) is 0 Å². The van der Waals surface area contributed by atoms with Gasteiger partial charge in [0.15, 0.2) is 12.4 Å². The Morgan fingerprint density at radius 1 is 0.786 bits per heavy atom. The highest BCUT2D eigenvalue weighted by molar-refractivity contribution is 5.93. The third-order valence-electron chi connectivity index (χ3n) is 3.68. The number of rotatable bonds is 7. The van der Waals surface area contributed by atoms with E-state index in [9.17, 15) is 9.59 Å². The Morgan fingerprint density at radius 3 is 2.18 bits per heavy atom. The molecule has 0 aliphatic rings. The number of hydrogen-bond acceptors (Lipinski definition) is 4. The van der Waals surface area contributed by atoms with Crippen LogP contribution < -0.4 is 20.1 Å². The van der Waals surface area contributed by atoms with Crippen molar-refractivity contribution < 1.29 is 19.1 Å². The molecule has 0 unspecified atom stereocenters. The van der Waals surface area contributed by atoms with Crippen LogP contribution in [-0.4, -0.2) is 18.4 Å². The van der Waals surface area contributed by atoms with Crippen LogP contribution in [0.25, 0.3) is 0 Å². The molecule has 0 heterocycles. The predicted octanol–water partition coefficient (Wildman–Crippen LogP) is 4.45. The van der Waals surface area contributed by atoms with Crippen LogP contribution in [0.2, 0.25) is 0 Å². The van der Waals surface area contributed by atoms with E-state index in [-0.39, 0.29) is 18.4 Å². The summed E-state index contributed by atoms with van der Waals surface area (Å²) in [4.78, 5) is 23.3. The van der Waals surface area contributed by atoms with Gasteiger partial charge < -0.3 is 20.1 Å². The molecule has 3 aromatic carbocycles. The summed E-state index contributed by atoms with van der Waals surface area (Å²) in [5.74, 6) is 1.29. The zero-order chi connectivity index (χ0) is 19.8. The molecule has 0 bridgehead atoms. The molecule has 0 atom stereocenters. The van der Waals surface area contributed by atoms with Gasteiger partial charge >= 0.3 is 0 Å². The van der Waals surface area contributed by atoms with Crippen molar-refractivity contribution in [2.24, 2.45) is 0 Å². The Labute approximate surface area is 163 Å². The first-order valence-corrected chi connectivity index (χ1v) is 8.72. The number of para-hydroxylation sites is 3. The van der Waals surface area contributed by atoms with E-state index in [1.807, 2.05) is 42.5 Å². The molecule has 0 aliphatic heterocycles. The number of nitrogens with one attached hydrogen (secondary N) is 2. The second-order valence-electron chi connectivity index (χ2n) is 5.95. The maximum absolute atomic E-state index is 12.3. The van der Waals surface area contributed by atoms with Crippen molar-refractivity contribution in [2.75, 3.05) is 17.2 Å². The molecule has 0 radical (unpaired) electrons. The Bertz CT molecular complexity index is 940. The summed E-state index contributed by atoms with van der Waals surface area (Å²) in [6.45, 7) is 1.28. The number of hydrogen-bond donors (Lipinski definition) is 2. The molecule has 6 heteroatoms. The summed E-state index contributed by atoms with van der Waals surface area (Å²) in [7, 11) is 0. The molecule has 0 saturated carbocycles. The minimum atomic E-state index is -0.310. The summed E-state index contributed by atoms with van der Waals surface area (Å²) in [6, 6.07) is 23.3. The van der Waals surface area contributed by atoms with E-state index in [1.54, 1.807) is 36.4 Å². The number of carbonyl (C=O) groups excluding carboxylic acids is 2. The maximum atomic E-state index is 12.3. The molecule has 6 nitrogen and oxygen atoms in total. The third kappa shape index (κ3) is 5.60. The van der Waals surface area contributed by atoms with Crippen molar-refractivity contribution in [1.29, 1.82) is 0 Å². The summed E-state index contributed by atoms with van der Waals surface area (Å²) >= 11 is 0. The monoisotopic (exact) mass is 376 g/mol. The van der Waals surface area contributed by atoms with Crippen LogP contribution in [0, 0.1) is 0 Å². The minimum absolute atomic E-state index is 0.149. The van der Waals surface area contributed by atoms with Crippen LogP contribution in [0.1, 0.15) is 6.92 Å². The van der Waals surface area contributed by atoms with E-state index in [0.717, 1.165) is 0 Å². The van der Waals surface area contributed by atoms with Gasteiger partial charge in [-0.1, -0.05) is 30.3 Å². The zero-order valence-corrected chi connectivity index (χ0v) is 15.3. The Hall–Kier alpha value is -3.80. The average Bonchev–Trinajstić information content (AvgIpc) is 2.69. The van der Waals surface area contributed by atoms with Crippen molar-refractivity contribution in [2.45, 2.75) is 6.92 Å². The van der Waals surface area contributed by atoms with Crippen molar-refractivity contribution in [3.63, 3.8) is 0 Å². The van der Waals surface area contributed by atoms with E-state index >= 15 is 0 Å². The second-order valence-corrected chi connectivity index (χ2v) is 5.95. The highest BCUT2D eigenvalue weighted by Crippen LogP contribution is 2.29. The Balaban J connectivity index is 1.57. The van der Waals surface area contributed by atoms with Crippen molar-refractivity contribution >= 4 is 23.2 Å². The molecule has 2 amide bonds. The molecule has 0 saturated heterocycles. The largest absolute Gasteiger partial charge is 0.484 e. The topological polar surface area (TPSA) is 76.7 Å². The highest BCUT2D eigenvalue weighted by Gasteiger charge is 2.09. The van der Waals surface area contributed by atoms with Crippen LogP contribution in [-0.2, 0) is 9.59 Å². The molecular formula is C22H20N2O4. The van der Waals surface area contributed by atoms with Gasteiger partial charge in [0.05, 0.1) is 5.69 Å². The van der Waals surface area contributed by atoms with Gasteiger partial charge in [0, 0.05) is 12.6 Å². The van der Waals surface area contributed by atoms with Gasteiger partial charge in [-0.3, -0.25) is 9.59 Å². The number of amides is 2. The van der Waals surface area contributed by atoms with Gasteiger partial charge in [-0.05, 0) is 48.5 Å². The lowest BCUT2D eigenvalue weighted by atomic mass is 10.3. The summed E-state index contributed by atoms with van der Waals surface area (Å²) < 4.78 is 11.3. The fraction of sp³-hybridized carbons (Fsp3) is 0.0909. The number of ether oxygens (including phenoxy) is 2. The standard InChI is InChI=1S/C22H20N2O4/c1-16(25)23-17-11-13-18(14-12-17)27-15-22(26)24-20-9-5-6-10-21(20)28-19-7-3-2-4-8-19/h2-14H,15H2,1H3,(H,23,25)(H,24,26). The molecule has 3 rings (SSSR count). The first-order chi connectivity index (χ1) is 13.6. The van der Waals surface area contributed by atoms with E-state index in [1.165, 1.54) is 6.92 Å². The van der Waals surface area contributed by atoms with Crippen LogP contribution >= 0.6 is 0 Å². The summed E-state index contributed by atoms with van der Waals surface area (Å²) in [5, 5.41) is 5.46. The van der Waals surface area contributed by atoms with Gasteiger partial charge in [0.2, 0.25) is 5.91 Å². The fourth-order valence-corrected chi connectivity index (χ4v) is 2.45. The average molecular weight is 376 g/mol. The van der Waals surface area contributed by atoms with E-state index in [4.69, 9.17) is 9.47 Å². The molecule has 3 aromatic rings. The molecule has 142 valence electrons. The van der Waals surface area contributed by atoms with Gasteiger partial charge in [0.25, 0.3) is 5.91 Å². The zero-order valence-electron chi connectivity index (χ0n) is 15.3. The lowest BCUT2D eigenvalue weighted by Gasteiger charge is -2.12. The second kappa shape index (κ2) is 9.23. The first-order valence-electron chi connectivity index (χ1n) is 8.72. The van der Waals surface area contributed by atoms with Crippen LogP contribution in [0.4, 0.5) is 11.4 Å². The van der Waals surface area contributed by atoms with E-state index < -0.39 is 0 Å². The van der Waals surface area contributed by atoms with E-state index in [0.29, 0.717) is 28.6 Å². The van der Waals surface area contributed by atoms with Crippen LogP contribution in [0.5, 0.6) is 17.2 Å². The third-order valence-corrected chi connectivity index (χ3v) is 3.68. The maximum Gasteiger partial charge on any atom is 0.262 e. The molecule has 0 spiro atoms. The van der Waals surface area contributed by atoms with Crippen molar-refractivity contribution in [1.82, 2.24) is 0 Å². The molecular weight excluding hydrogens is 356 g/mol. The normalized spacial score (nSPS) is 10.0. The quantitative estimate of drug-likeness (QED) is 0.638. The smallest absolute Gasteiger partial charge is 0.262 e. The van der Waals surface area contributed by atoms with Crippen LogP contribution in [0.15, 0.2) is 78.9 Å². The minimum Gasteiger partial charge on any atom is -0.484 e. The molecule has 0 fully saturated rings. The lowest BCUT2D eigenvalue weighted by molar-refractivity contribution is -0.118.